The summed E-state index contributed by atoms with van der Waals surface area (Å²) >= 11 is -2.74. The van der Waals surface area contributed by atoms with Crippen LogP contribution in [-0.4, -0.2) is 58.6 Å². The molecule has 1 saturated heterocycles. The van der Waals surface area contributed by atoms with E-state index in [9.17, 15) is 0 Å². The number of benzene rings is 2. The summed E-state index contributed by atoms with van der Waals surface area (Å²) in [4.78, 5) is 2.14. The van der Waals surface area contributed by atoms with Gasteiger partial charge in [0.15, 0.2) is 0 Å². The molecule has 1 atom stereocenters. The molecule has 5 heteroatoms. The number of hydrogen-bond donors (Lipinski definition) is 0. The molecule has 40 heavy (non-hydrogen) atoms. The Balaban J connectivity index is 1.89. The molecule has 3 rings (SSSR count). The summed E-state index contributed by atoms with van der Waals surface area (Å²) in [7, 11) is 4.17. The summed E-state index contributed by atoms with van der Waals surface area (Å²) in [5.41, 5.74) is 3.74. The van der Waals surface area contributed by atoms with Gasteiger partial charge in [0.25, 0.3) is 0 Å². The van der Waals surface area contributed by atoms with Crippen LogP contribution in [0.4, 0.5) is 5.69 Å². The van der Waals surface area contributed by atoms with E-state index in [1.807, 2.05) is 0 Å². The Morgan fingerprint density at radius 2 is 1.45 bits per heavy atom. The first-order valence-corrected chi connectivity index (χ1v) is 23.5. The van der Waals surface area contributed by atoms with Crippen molar-refractivity contribution in [1.29, 1.82) is 0 Å². The zero-order valence-corrected chi connectivity index (χ0v) is 28.9. The maximum atomic E-state index is 6.57. The van der Waals surface area contributed by atoms with Crippen LogP contribution < -0.4 is 13.2 Å². The second kappa shape index (κ2) is 18.1. The van der Waals surface area contributed by atoms with Gasteiger partial charge < -0.3 is 0 Å². The first-order valence-electron chi connectivity index (χ1n) is 16.0. The zero-order chi connectivity index (χ0) is 28.6. The maximum absolute atomic E-state index is 6.57. The molecule has 0 amide bonds. The zero-order valence-electron chi connectivity index (χ0n) is 26.1. The molecule has 222 valence electrons. The molecule has 1 unspecified atom stereocenters. The number of unbranched alkanes of at least 4 members (excludes halogenated alkanes) is 3. The fraction of sp³-hybridized carbons (Fsp3) is 0.600. The van der Waals surface area contributed by atoms with Gasteiger partial charge in [0.05, 0.1) is 0 Å². The number of ether oxygens (including phenoxy) is 3. The average Bonchev–Trinajstić information content (AvgIpc) is 2.99. The molecule has 2 aromatic carbocycles. The molecule has 1 aliphatic rings. The molecule has 0 N–H and O–H groups in total. The van der Waals surface area contributed by atoms with Crippen molar-refractivity contribution in [3.63, 3.8) is 0 Å². The molecular weight excluding hydrogens is 601 g/mol. The van der Waals surface area contributed by atoms with Crippen LogP contribution in [0, 0.1) is 0 Å². The van der Waals surface area contributed by atoms with Crippen molar-refractivity contribution in [1.82, 2.24) is 0 Å². The van der Waals surface area contributed by atoms with Gasteiger partial charge in [-0.05, 0) is 0 Å². The van der Waals surface area contributed by atoms with Crippen molar-refractivity contribution >= 4 is 39.8 Å². The van der Waals surface area contributed by atoms with Crippen molar-refractivity contribution in [3.8, 4) is 5.75 Å². The summed E-state index contributed by atoms with van der Waals surface area (Å²) in [6, 6.07) is 15.8. The van der Waals surface area contributed by atoms with Crippen LogP contribution in [0.3, 0.4) is 0 Å². The summed E-state index contributed by atoms with van der Waals surface area (Å²) in [5.74, 6) is 1.12. The second-order valence-corrected chi connectivity index (χ2v) is 24.8. The number of anilines is 1. The topological polar surface area (TPSA) is 30.9 Å². The monoisotopic (exact) mass is 657 g/mol. The molecular formula is C35H55NO3Sn. The fourth-order valence-corrected chi connectivity index (χ4v) is 22.3. The van der Waals surface area contributed by atoms with Gasteiger partial charge in [0, 0.05) is 0 Å². The standard InChI is InChI=1S/C23H28NO3.3C4H9.Sn/c1-24(2)21-12-8-19(9-13-21)6-7-20-10-14-22(15-11-20)25-17-18-27-23-5-3-4-16-26-23;3*1-3-4-2;/h6-14,23H,3-5,16-18H2,1-2H3;3*1,3-4H2,2H3;/b7-6+;;;;. The summed E-state index contributed by atoms with van der Waals surface area (Å²) in [6.07, 6.45) is 15.6. The predicted octanol–water partition coefficient (Wildman–Crippen LogP) is 8.90. The van der Waals surface area contributed by atoms with E-state index in [0.717, 1.165) is 25.2 Å². The van der Waals surface area contributed by atoms with E-state index in [4.69, 9.17) is 14.2 Å². The van der Waals surface area contributed by atoms with Crippen LogP contribution in [0.25, 0.3) is 12.2 Å². The SMILES string of the molecule is CCC[CH2][Sn]([CH2]CCC)([CH2]CCC)[c]1cc(/C=C/c2ccc(N(C)C)cc2)ccc1OCCOC1CCCCO1. The molecule has 0 spiro atoms. The first-order chi connectivity index (χ1) is 19.5. The van der Waals surface area contributed by atoms with Crippen LogP contribution in [0.2, 0.25) is 13.3 Å². The molecule has 1 heterocycles. The van der Waals surface area contributed by atoms with Gasteiger partial charge in [0.1, 0.15) is 0 Å². The molecule has 0 aliphatic carbocycles. The van der Waals surface area contributed by atoms with E-state index < -0.39 is 18.4 Å². The van der Waals surface area contributed by atoms with E-state index in [2.05, 4.69) is 94.4 Å². The Labute approximate surface area is 249 Å². The van der Waals surface area contributed by atoms with Gasteiger partial charge in [-0.2, -0.15) is 0 Å². The minimum absolute atomic E-state index is 0.0620. The summed E-state index contributed by atoms with van der Waals surface area (Å²) < 4.78 is 24.2. The Morgan fingerprint density at radius 3 is 2.02 bits per heavy atom. The van der Waals surface area contributed by atoms with Crippen LogP contribution in [0.1, 0.15) is 89.7 Å². The fourth-order valence-electron chi connectivity index (χ4n) is 5.77. The van der Waals surface area contributed by atoms with Gasteiger partial charge in [0.2, 0.25) is 0 Å². The van der Waals surface area contributed by atoms with Crippen molar-refractivity contribution in [2.45, 2.75) is 98.2 Å². The molecule has 1 fully saturated rings. The van der Waals surface area contributed by atoms with E-state index in [0.29, 0.717) is 13.2 Å². The van der Waals surface area contributed by atoms with Crippen molar-refractivity contribution in [2.75, 3.05) is 38.8 Å². The van der Waals surface area contributed by atoms with Gasteiger partial charge in [-0.25, -0.2) is 0 Å². The second-order valence-electron chi connectivity index (χ2n) is 11.7. The third-order valence-corrected chi connectivity index (χ3v) is 23.9. The third kappa shape index (κ3) is 10.4. The predicted molar refractivity (Wildman–Crippen MR) is 176 cm³/mol. The minimum atomic E-state index is -2.74. The molecule has 0 radical (unpaired) electrons. The van der Waals surface area contributed by atoms with Crippen LogP contribution in [0.5, 0.6) is 5.75 Å². The van der Waals surface area contributed by atoms with Crippen LogP contribution >= 0.6 is 0 Å². The van der Waals surface area contributed by atoms with E-state index in [1.165, 1.54) is 75.1 Å². The van der Waals surface area contributed by atoms with Gasteiger partial charge in [-0.3, -0.25) is 0 Å². The Morgan fingerprint density at radius 1 is 0.825 bits per heavy atom. The normalized spacial score (nSPS) is 16.0. The Hall–Kier alpha value is -1.50. The number of hydrogen-bond acceptors (Lipinski definition) is 4. The van der Waals surface area contributed by atoms with E-state index in [1.54, 1.807) is 3.58 Å². The van der Waals surface area contributed by atoms with Crippen molar-refractivity contribution in [2.24, 2.45) is 0 Å². The van der Waals surface area contributed by atoms with Crippen LogP contribution in [-0.2, 0) is 9.47 Å². The first kappa shape index (κ1) is 33.0. The summed E-state index contributed by atoms with van der Waals surface area (Å²) in [5, 5.41) is 0. The Bertz CT molecular complexity index is 976. The van der Waals surface area contributed by atoms with Crippen molar-refractivity contribution < 1.29 is 14.2 Å². The molecule has 1 aliphatic heterocycles. The van der Waals surface area contributed by atoms with Crippen LogP contribution in [0.15, 0.2) is 42.5 Å². The Kier molecular flexibility index (Phi) is 15.0. The molecule has 4 nitrogen and oxygen atoms in total. The number of nitrogens with zero attached hydrogens (tertiary/aromatic N) is 1. The molecule has 0 saturated carbocycles. The number of rotatable bonds is 18. The molecule has 0 bridgehead atoms. The molecule has 0 aromatic heterocycles. The van der Waals surface area contributed by atoms with E-state index >= 15 is 0 Å². The average molecular weight is 657 g/mol. The third-order valence-electron chi connectivity index (χ3n) is 8.26. The van der Waals surface area contributed by atoms with Gasteiger partial charge in [-0.15, -0.1) is 0 Å². The summed E-state index contributed by atoms with van der Waals surface area (Å²) in [6.45, 7) is 9.01. The van der Waals surface area contributed by atoms with Gasteiger partial charge in [-0.1, -0.05) is 0 Å². The van der Waals surface area contributed by atoms with E-state index in [-0.39, 0.29) is 6.29 Å². The van der Waals surface area contributed by atoms with Crippen molar-refractivity contribution in [3.05, 3.63) is 53.6 Å². The van der Waals surface area contributed by atoms with Gasteiger partial charge >= 0.3 is 250 Å². The quantitative estimate of drug-likeness (QED) is 0.0912. The molecule has 2 aromatic rings.